The summed E-state index contributed by atoms with van der Waals surface area (Å²) < 4.78 is 47.7. The maximum absolute atomic E-state index is 12.7. The number of rotatable bonds is 8. The largest absolute Gasteiger partial charge is 0.573 e. The van der Waals surface area contributed by atoms with Crippen LogP contribution in [0.15, 0.2) is 83.2 Å². The molecule has 4 aromatic rings. The fourth-order valence-corrected chi connectivity index (χ4v) is 5.01. The fourth-order valence-electron chi connectivity index (χ4n) is 4.15. The standard InChI is InChI=1S/C29H24F3N7O4S/c1-18-3-6-21(15-42-2)24(13-18)39-25(40)16-44-28(39)35-27(41)36-34-14-19-4-7-20(8-5-19)26-33-17-38(37-26)22-9-11-23(12-10-22)43-29(30,31)32/h3-14,17H,15-16H2,1-2H3,(H,36,41)/b34-14+,35-28?. The molecule has 226 valence electrons. The smallest absolute Gasteiger partial charge is 0.406 e. The van der Waals surface area contributed by atoms with Gasteiger partial charge in [0.1, 0.15) is 12.1 Å². The minimum absolute atomic E-state index is 0.151. The molecule has 0 aliphatic carbocycles. The van der Waals surface area contributed by atoms with Crippen LogP contribution < -0.4 is 15.1 Å². The first kappa shape index (κ1) is 30.4. The topological polar surface area (TPSA) is 123 Å². The van der Waals surface area contributed by atoms with Gasteiger partial charge < -0.3 is 9.47 Å². The van der Waals surface area contributed by atoms with Crippen molar-refractivity contribution in [2.24, 2.45) is 10.1 Å². The van der Waals surface area contributed by atoms with Crippen LogP contribution in [0.4, 0.5) is 23.7 Å². The number of alkyl halides is 3. The van der Waals surface area contributed by atoms with Gasteiger partial charge in [0, 0.05) is 18.2 Å². The molecule has 0 saturated carbocycles. The zero-order chi connectivity index (χ0) is 31.3. The van der Waals surface area contributed by atoms with Crippen molar-refractivity contribution in [1.82, 2.24) is 20.2 Å². The van der Waals surface area contributed by atoms with Crippen LogP contribution in [0.2, 0.25) is 0 Å². The van der Waals surface area contributed by atoms with Crippen molar-refractivity contribution in [2.45, 2.75) is 19.9 Å². The summed E-state index contributed by atoms with van der Waals surface area (Å²) in [6.45, 7) is 2.20. The number of amidine groups is 1. The Bertz CT molecular complexity index is 1720. The molecule has 1 aliphatic heterocycles. The minimum Gasteiger partial charge on any atom is -0.406 e. The number of hydrogen-bond donors (Lipinski definition) is 1. The van der Waals surface area contributed by atoms with E-state index in [0.717, 1.165) is 22.9 Å². The highest BCUT2D eigenvalue weighted by Crippen LogP contribution is 2.31. The fraction of sp³-hybridized carbons (Fsp3) is 0.172. The van der Waals surface area contributed by atoms with Gasteiger partial charge in [0.25, 0.3) is 0 Å². The van der Waals surface area contributed by atoms with Crippen molar-refractivity contribution in [3.05, 3.63) is 89.7 Å². The summed E-state index contributed by atoms with van der Waals surface area (Å²) in [4.78, 5) is 34.9. The van der Waals surface area contributed by atoms with Crippen LogP contribution in [0.5, 0.6) is 5.75 Å². The number of carbonyl (C=O) groups is 2. The summed E-state index contributed by atoms with van der Waals surface area (Å²) in [6.07, 6.45) is -1.90. The summed E-state index contributed by atoms with van der Waals surface area (Å²) in [5.41, 5.74) is 6.54. The van der Waals surface area contributed by atoms with Crippen LogP contribution in [-0.4, -0.2) is 57.3 Å². The van der Waals surface area contributed by atoms with Crippen molar-refractivity contribution in [2.75, 3.05) is 17.8 Å². The van der Waals surface area contributed by atoms with Gasteiger partial charge in [-0.25, -0.2) is 19.9 Å². The lowest BCUT2D eigenvalue weighted by atomic mass is 10.1. The first-order valence-electron chi connectivity index (χ1n) is 12.9. The molecule has 1 aliphatic rings. The van der Waals surface area contributed by atoms with E-state index in [1.165, 1.54) is 46.4 Å². The molecule has 0 spiro atoms. The molecule has 0 radical (unpaired) electrons. The van der Waals surface area contributed by atoms with Crippen LogP contribution in [0.1, 0.15) is 16.7 Å². The number of nitrogens with one attached hydrogen (secondary N) is 1. The highest BCUT2D eigenvalue weighted by Gasteiger charge is 2.32. The molecule has 15 heteroatoms. The summed E-state index contributed by atoms with van der Waals surface area (Å²) >= 11 is 1.16. The number of anilines is 1. The second-order valence-electron chi connectivity index (χ2n) is 9.33. The number of aliphatic imine (C=N–C) groups is 1. The molecule has 0 bridgehead atoms. The number of benzene rings is 3. The third kappa shape index (κ3) is 7.48. The zero-order valence-electron chi connectivity index (χ0n) is 23.3. The number of thioether (sulfide) groups is 1. The molecule has 44 heavy (non-hydrogen) atoms. The average Bonchev–Trinajstić information content (AvgIpc) is 3.61. The molecule has 5 rings (SSSR count). The predicted molar refractivity (Wildman–Crippen MR) is 159 cm³/mol. The number of hydrogen-bond acceptors (Lipinski definition) is 8. The predicted octanol–water partition coefficient (Wildman–Crippen LogP) is 5.47. The summed E-state index contributed by atoms with van der Waals surface area (Å²) in [6, 6.07) is 17.1. The molecule has 1 aromatic heterocycles. The van der Waals surface area contributed by atoms with Crippen molar-refractivity contribution >= 4 is 40.8 Å². The normalized spacial score (nSPS) is 14.5. The van der Waals surface area contributed by atoms with E-state index in [2.05, 4.69) is 30.3 Å². The lowest BCUT2D eigenvalue weighted by Gasteiger charge is -2.20. The summed E-state index contributed by atoms with van der Waals surface area (Å²) in [5, 5.41) is 8.57. The van der Waals surface area contributed by atoms with E-state index >= 15 is 0 Å². The van der Waals surface area contributed by atoms with Gasteiger partial charge in [0.15, 0.2) is 11.0 Å². The van der Waals surface area contributed by atoms with Crippen LogP contribution in [0, 0.1) is 6.92 Å². The number of methoxy groups -OCH3 is 1. The Balaban J connectivity index is 1.21. The SMILES string of the molecule is COCc1ccc(C)cc1N1C(=O)CSC1=NC(=O)N/N=C/c1ccc(-c2ncn(-c3ccc(OC(F)(F)F)cc3)n2)cc1. The number of urea groups is 1. The van der Waals surface area contributed by atoms with Gasteiger partial charge in [0.05, 0.1) is 29.9 Å². The molecule has 0 atom stereocenters. The number of amides is 3. The van der Waals surface area contributed by atoms with Crippen molar-refractivity contribution in [1.29, 1.82) is 0 Å². The molecule has 1 fully saturated rings. The van der Waals surface area contributed by atoms with Gasteiger partial charge in [-0.15, -0.1) is 18.3 Å². The first-order chi connectivity index (χ1) is 21.1. The maximum Gasteiger partial charge on any atom is 0.573 e. The van der Waals surface area contributed by atoms with Gasteiger partial charge in [-0.05, 0) is 48.4 Å². The zero-order valence-corrected chi connectivity index (χ0v) is 24.1. The van der Waals surface area contributed by atoms with Crippen LogP contribution in [-0.2, 0) is 16.1 Å². The Kier molecular flexibility index (Phi) is 9.06. The second-order valence-corrected chi connectivity index (χ2v) is 10.3. The number of aryl methyl sites for hydroxylation is 1. The lowest BCUT2D eigenvalue weighted by Crippen LogP contribution is -2.31. The van der Waals surface area contributed by atoms with Gasteiger partial charge in [-0.1, -0.05) is 48.2 Å². The third-order valence-electron chi connectivity index (χ3n) is 6.11. The molecule has 0 unspecified atom stereocenters. The monoisotopic (exact) mass is 623 g/mol. The van der Waals surface area contributed by atoms with E-state index in [0.29, 0.717) is 34.9 Å². The van der Waals surface area contributed by atoms with Crippen LogP contribution in [0.3, 0.4) is 0 Å². The number of hydrazone groups is 1. The molecule has 3 aromatic carbocycles. The maximum atomic E-state index is 12.7. The minimum atomic E-state index is -4.77. The van der Waals surface area contributed by atoms with Gasteiger partial charge in [-0.3, -0.25) is 9.69 Å². The van der Waals surface area contributed by atoms with E-state index < -0.39 is 12.4 Å². The van der Waals surface area contributed by atoms with E-state index in [1.807, 2.05) is 25.1 Å². The highest BCUT2D eigenvalue weighted by atomic mass is 32.2. The van der Waals surface area contributed by atoms with E-state index in [-0.39, 0.29) is 22.6 Å². The van der Waals surface area contributed by atoms with Crippen LogP contribution in [0.25, 0.3) is 17.1 Å². The molecule has 11 nitrogen and oxygen atoms in total. The molecular weight excluding hydrogens is 599 g/mol. The number of ether oxygens (including phenoxy) is 2. The van der Waals surface area contributed by atoms with Crippen molar-refractivity contribution in [3.8, 4) is 22.8 Å². The van der Waals surface area contributed by atoms with Crippen molar-refractivity contribution < 1.29 is 32.2 Å². The number of carbonyl (C=O) groups excluding carboxylic acids is 2. The Morgan fingerprint density at radius 1 is 1.11 bits per heavy atom. The number of halogens is 3. The first-order valence-corrected chi connectivity index (χ1v) is 13.9. The highest BCUT2D eigenvalue weighted by molar-refractivity contribution is 8.15. The second kappa shape index (κ2) is 13.1. The summed E-state index contributed by atoms with van der Waals surface area (Å²) in [5.74, 6) is 0.0125. The average molecular weight is 624 g/mol. The molecule has 3 amide bonds. The van der Waals surface area contributed by atoms with Crippen molar-refractivity contribution in [3.63, 3.8) is 0 Å². The van der Waals surface area contributed by atoms with E-state index in [9.17, 15) is 22.8 Å². The molecular formula is C29H24F3N7O4S. The van der Waals surface area contributed by atoms with Crippen LogP contribution >= 0.6 is 11.8 Å². The van der Waals surface area contributed by atoms with E-state index in [1.54, 1.807) is 31.4 Å². The van der Waals surface area contributed by atoms with E-state index in [4.69, 9.17) is 4.74 Å². The Hall–Kier alpha value is -5.02. The van der Waals surface area contributed by atoms with Gasteiger partial charge in [0.2, 0.25) is 5.91 Å². The quantitative estimate of drug-likeness (QED) is 0.204. The van der Waals surface area contributed by atoms with Gasteiger partial charge in [-0.2, -0.15) is 10.1 Å². The number of nitrogens with zero attached hydrogens (tertiary/aromatic N) is 6. The molecule has 2 heterocycles. The number of aromatic nitrogens is 3. The molecule has 1 N–H and O–H groups in total. The molecule has 1 saturated heterocycles. The Labute approximate surface area is 253 Å². The van der Waals surface area contributed by atoms with Gasteiger partial charge >= 0.3 is 12.4 Å². The Morgan fingerprint density at radius 2 is 1.86 bits per heavy atom. The summed E-state index contributed by atoms with van der Waals surface area (Å²) in [7, 11) is 1.56. The third-order valence-corrected chi connectivity index (χ3v) is 7.04. The Morgan fingerprint density at radius 3 is 2.57 bits per heavy atom. The lowest BCUT2D eigenvalue weighted by molar-refractivity contribution is -0.274.